The quantitative estimate of drug-likeness (QED) is 0.496. The average Bonchev–Trinajstić information content (AvgIpc) is 3.24. The Balaban J connectivity index is 1.59. The van der Waals surface area contributed by atoms with E-state index >= 15 is 0 Å². The van der Waals surface area contributed by atoms with Gasteiger partial charge in [-0.05, 0) is 36.1 Å². The predicted molar refractivity (Wildman–Crippen MR) is 102 cm³/mol. The highest BCUT2D eigenvalue weighted by Gasteiger charge is 2.20. The summed E-state index contributed by atoms with van der Waals surface area (Å²) in [4.78, 5) is 13.2. The fourth-order valence-electron chi connectivity index (χ4n) is 2.08. The molecule has 130 valence electrons. The molecule has 0 saturated carbocycles. The molecular formula is C16H16ClN5OS2. The van der Waals surface area contributed by atoms with Gasteiger partial charge in [-0.3, -0.25) is 4.79 Å². The minimum absolute atomic E-state index is 0.0966. The average molecular weight is 394 g/mol. The Morgan fingerprint density at radius 3 is 2.80 bits per heavy atom. The molecule has 3 rings (SSSR count). The normalized spacial score (nSPS) is 12.1. The molecule has 6 nitrogen and oxygen atoms in total. The first-order valence-corrected chi connectivity index (χ1v) is 9.61. The number of nitrogens with one attached hydrogen (secondary N) is 1. The maximum atomic E-state index is 12.3. The molecule has 0 aliphatic carbocycles. The topological polar surface area (TPSA) is 85.8 Å². The Hall–Kier alpha value is -2.03. The molecule has 1 amide bonds. The van der Waals surface area contributed by atoms with E-state index in [4.69, 9.17) is 17.4 Å². The van der Waals surface area contributed by atoms with Gasteiger partial charge in [-0.1, -0.05) is 41.6 Å². The van der Waals surface area contributed by atoms with Crippen molar-refractivity contribution in [3.63, 3.8) is 0 Å². The molecule has 9 heteroatoms. The summed E-state index contributed by atoms with van der Waals surface area (Å²) in [5.74, 6) is 6.55. The van der Waals surface area contributed by atoms with Crippen molar-refractivity contribution >= 4 is 40.6 Å². The Kier molecular flexibility index (Phi) is 5.62. The number of amides is 1. The zero-order valence-corrected chi connectivity index (χ0v) is 15.7. The highest BCUT2D eigenvalue weighted by molar-refractivity contribution is 8.00. The highest BCUT2D eigenvalue weighted by atomic mass is 35.5. The smallest absolute Gasteiger partial charge is 0.233 e. The van der Waals surface area contributed by atoms with Gasteiger partial charge in [0.25, 0.3) is 0 Å². The number of nitrogen functional groups attached to an aromatic ring is 1. The Bertz CT molecular complexity index is 848. The summed E-state index contributed by atoms with van der Waals surface area (Å²) >= 11 is 8.66. The first kappa shape index (κ1) is 17.8. The molecule has 0 aliphatic heterocycles. The van der Waals surface area contributed by atoms with Gasteiger partial charge < -0.3 is 11.2 Å². The number of thiophene rings is 1. The molecule has 1 aromatic carbocycles. The van der Waals surface area contributed by atoms with Crippen molar-refractivity contribution < 1.29 is 4.79 Å². The molecule has 1 unspecified atom stereocenters. The van der Waals surface area contributed by atoms with Crippen LogP contribution in [0, 0.1) is 0 Å². The SMILES string of the molecule is CC(Sc1nnc(-c2cccs2)n1N)C(=O)NCc1ccc(Cl)cc1. The third kappa shape index (κ3) is 4.33. The molecule has 1 atom stereocenters. The molecule has 3 aromatic rings. The zero-order chi connectivity index (χ0) is 17.8. The lowest BCUT2D eigenvalue weighted by Gasteiger charge is -2.11. The molecule has 2 aromatic heterocycles. The number of hydrogen-bond donors (Lipinski definition) is 2. The number of nitrogens with zero attached hydrogens (tertiary/aromatic N) is 3. The lowest BCUT2D eigenvalue weighted by Crippen LogP contribution is -2.30. The van der Waals surface area contributed by atoms with Gasteiger partial charge in [0, 0.05) is 11.6 Å². The van der Waals surface area contributed by atoms with Crippen LogP contribution in [0.3, 0.4) is 0 Å². The second-order valence-corrected chi connectivity index (χ2v) is 7.95. The van der Waals surface area contributed by atoms with E-state index in [0.29, 0.717) is 22.5 Å². The van der Waals surface area contributed by atoms with E-state index in [1.54, 1.807) is 19.1 Å². The van der Waals surface area contributed by atoms with Gasteiger partial charge in [0.05, 0.1) is 10.1 Å². The third-order valence-corrected chi connectivity index (χ3v) is 5.61. The molecule has 0 bridgehead atoms. The molecule has 25 heavy (non-hydrogen) atoms. The van der Waals surface area contributed by atoms with Gasteiger partial charge in [-0.15, -0.1) is 21.5 Å². The van der Waals surface area contributed by atoms with E-state index in [0.717, 1.165) is 10.4 Å². The summed E-state index contributed by atoms with van der Waals surface area (Å²) < 4.78 is 1.42. The minimum Gasteiger partial charge on any atom is -0.351 e. The van der Waals surface area contributed by atoms with Crippen LogP contribution < -0.4 is 11.2 Å². The molecule has 2 heterocycles. The van der Waals surface area contributed by atoms with Crippen LogP contribution in [0.2, 0.25) is 5.02 Å². The van der Waals surface area contributed by atoms with Crippen LogP contribution in [-0.4, -0.2) is 26.0 Å². The van der Waals surface area contributed by atoms with E-state index in [-0.39, 0.29) is 11.2 Å². The van der Waals surface area contributed by atoms with Crippen LogP contribution in [0.4, 0.5) is 0 Å². The first-order chi connectivity index (χ1) is 12.0. The lowest BCUT2D eigenvalue weighted by molar-refractivity contribution is -0.120. The van der Waals surface area contributed by atoms with Crippen LogP contribution in [-0.2, 0) is 11.3 Å². The molecule has 3 N–H and O–H groups in total. The summed E-state index contributed by atoms with van der Waals surface area (Å²) in [5.41, 5.74) is 0.983. The molecule has 0 fully saturated rings. The van der Waals surface area contributed by atoms with Crippen LogP contribution in [0.5, 0.6) is 0 Å². The van der Waals surface area contributed by atoms with Crippen molar-refractivity contribution in [3.8, 4) is 10.7 Å². The monoisotopic (exact) mass is 393 g/mol. The van der Waals surface area contributed by atoms with Gasteiger partial charge in [0.1, 0.15) is 0 Å². The number of hydrogen-bond acceptors (Lipinski definition) is 6. The van der Waals surface area contributed by atoms with Crippen molar-refractivity contribution in [1.82, 2.24) is 20.2 Å². The van der Waals surface area contributed by atoms with Crippen LogP contribution in [0.25, 0.3) is 10.7 Å². The minimum atomic E-state index is -0.352. The Morgan fingerprint density at radius 2 is 2.12 bits per heavy atom. The molecule has 0 saturated heterocycles. The molecule has 0 spiro atoms. The van der Waals surface area contributed by atoms with E-state index in [1.807, 2.05) is 29.6 Å². The van der Waals surface area contributed by atoms with Gasteiger partial charge >= 0.3 is 0 Å². The number of benzene rings is 1. The van der Waals surface area contributed by atoms with Crippen molar-refractivity contribution in [3.05, 3.63) is 52.4 Å². The Labute approximate surface area is 158 Å². The van der Waals surface area contributed by atoms with Crippen LogP contribution in [0.15, 0.2) is 46.9 Å². The summed E-state index contributed by atoms with van der Waals surface area (Å²) in [6, 6.07) is 11.2. The van der Waals surface area contributed by atoms with E-state index in [2.05, 4.69) is 15.5 Å². The summed E-state index contributed by atoms with van der Waals surface area (Å²) in [6.07, 6.45) is 0. The maximum absolute atomic E-state index is 12.3. The molecule has 0 radical (unpaired) electrons. The fourth-order valence-corrected chi connectivity index (χ4v) is 3.70. The second-order valence-electron chi connectivity index (χ2n) is 5.26. The second kappa shape index (κ2) is 7.90. The zero-order valence-electron chi connectivity index (χ0n) is 13.3. The summed E-state index contributed by atoms with van der Waals surface area (Å²) in [6.45, 7) is 2.25. The number of nitrogens with two attached hydrogens (primary N) is 1. The van der Waals surface area contributed by atoms with Gasteiger partial charge in [0.15, 0.2) is 5.82 Å². The van der Waals surface area contributed by atoms with E-state index in [9.17, 15) is 4.79 Å². The number of carbonyl (C=O) groups is 1. The Morgan fingerprint density at radius 1 is 1.36 bits per heavy atom. The summed E-state index contributed by atoms with van der Waals surface area (Å²) in [5, 5.41) is 13.8. The molecule has 0 aliphatic rings. The molecular weight excluding hydrogens is 378 g/mol. The number of aromatic nitrogens is 3. The van der Waals surface area contributed by atoms with Crippen molar-refractivity contribution in [2.45, 2.75) is 23.9 Å². The fraction of sp³-hybridized carbons (Fsp3) is 0.188. The van der Waals surface area contributed by atoms with Gasteiger partial charge in [-0.2, -0.15) is 0 Å². The van der Waals surface area contributed by atoms with Gasteiger partial charge in [-0.25, -0.2) is 4.68 Å². The third-order valence-electron chi connectivity index (χ3n) is 3.44. The van der Waals surface area contributed by atoms with Crippen molar-refractivity contribution in [1.29, 1.82) is 0 Å². The van der Waals surface area contributed by atoms with E-state index in [1.165, 1.54) is 27.8 Å². The first-order valence-electron chi connectivity index (χ1n) is 7.48. The largest absolute Gasteiger partial charge is 0.351 e. The van der Waals surface area contributed by atoms with Gasteiger partial charge in [0.2, 0.25) is 11.1 Å². The predicted octanol–water partition coefficient (Wildman–Crippen LogP) is 3.17. The number of carbonyl (C=O) groups excluding carboxylic acids is 1. The van der Waals surface area contributed by atoms with Crippen LogP contribution in [0.1, 0.15) is 12.5 Å². The summed E-state index contributed by atoms with van der Waals surface area (Å²) in [7, 11) is 0. The number of thioether (sulfide) groups is 1. The number of rotatable bonds is 6. The standard InChI is InChI=1S/C16H16ClN5OS2/c1-10(15(23)19-9-11-4-6-12(17)7-5-11)25-16-21-20-14(22(16)18)13-3-2-8-24-13/h2-8,10H,9,18H2,1H3,(H,19,23). The maximum Gasteiger partial charge on any atom is 0.233 e. The van der Waals surface area contributed by atoms with Crippen molar-refractivity contribution in [2.75, 3.05) is 5.84 Å². The van der Waals surface area contributed by atoms with Crippen LogP contribution >= 0.6 is 34.7 Å². The number of halogens is 1. The highest BCUT2D eigenvalue weighted by Crippen LogP contribution is 2.27. The van der Waals surface area contributed by atoms with E-state index < -0.39 is 0 Å². The lowest BCUT2D eigenvalue weighted by atomic mass is 10.2. The van der Waals surface area contributed by atoms with Crippen molar-refractivity contribution in [2.24, 2.45) is 0 Å².